The predicted molar refractivity (Wildman–Crippen MR) is 107 cm³/mol. The highest BCUT2D eigenvalue weighted by molar-refractivity contribution is 7.10. The Hall–Kier alpha value is -2.06. The summed E-state index contributed by atoms with van der Waals surface area (Å²) in [6, 6.07) is 19.8. The minimum atomic E-state index is 0.553. The number of fused-ring (bicyclic) bond motifs is 1. The first-order valence-corrected chi connectivity index (χ1v) is 9.40. The minimum Gasteiger partial charge on any atom is -0.379 e. The second kappa shape index (κ2) is 7.67. The molecule has 0 aliphatic carbocycles. The first-order chi connectivity index (χ1) is 11.6. The summed E-state index contributed by atoms with van der Waals surface area (Å²) in [5.74, 6) is 0.553. The molecule has 124 valence electrons. The highest BCUT2D eigenvalue weighted by atomic mass is 32.1. The predicted octanol–water partition coefficient (Wildman–Crippen LogP) is 6.08. The lowest BCUT2D eigenvalue weighted by atomic mass is 9.91. The lowest BCUT2D eigenvalue weighted by Gasteiger charge is -2.23. The molecule has 2 aromatic carbocycles. The van der Waals surface area contributed by atoms with E-state index in [0.29, 0.717) is 5.92 Å². The summed E-state index contributed by atoms with van der Waals surface area (Å²) in [5.41, 5.74) is 2.58. The summed E-state index contributed by atoms with van der Waals surface area (Å²) < 4.78 is 0. The second-order valence-electron chi connectivity index (χ2n) is 6.50. The maximum atomic E-state index is 4.05. The Kier molecular flexibility index (Phi) is 5.37. The van der Waals surface area contributed by atoms with Crippen LogP contribution in [0, 0.1) is 0 Å². The molecule has 1 unspecified atom stereocenters. The Morgan fingerprint density at radius 3 is 2.62 bits per heavy atom. The van der Waals surface area contributed by atoms with Crippen LogP contribution in [0.1, 0.15) is 29.7 Å². The molecule has 0 spiro atoms. The summed E-state index contributed by atoms with van der Waals surface area (Å²) in [7, 11) is 2.13. The fourth-order valence-electron chi connectivity index (χ4n) is 3.14. The first-order valence-electron chi connectivity index (χ1n) is 8.52. The molecule has 0 aliphatic rings. The normalized spacial score (nSPS) is 12.2. The van der Waals surface area contributed by atoms with Gasteiger partial charge in [0.05, 0.1) is 0 Å². The lowest BCUT2D eigenvalue weighted by molar-refractivity contribution is 0.391. The van der Waals surface area contributed by atoms with E-state index >= 15 is 0 Å². The van der Waals surface area contributed by atoms with E-state index in [1.165, 1.54) is 21.2 Å². The van der Waals surface area contributed by atoms with Crippen molar-refractivity contribution in [1.82, 2.24) is 4.90 Å². The molecule has 0 saturated heterocycles. The van der Waals surface area contributed by atoms with Crippen molar-refractivity contribution < 1.29 is 0 Å². The van der Waals surface area contributed by atoms with Gasteiger partial charge in [-0.05, 0) is 53.5 Å². The largest absolute Gasteiger partial charge is 0.379 e. The van der Waals surface area contributed by atoms with Crippen LogP contribution in [0.2, 0.25) is 0 Å². The molecule has 0 radical (unpaired) electrons. The van der Waals surface area contributed by atoms with Crippen molar-refractivity contribution in [3.05, 3.63) is 82.7 Å². The zero-order chi connectivity index (χ0) is 16.9. The van der Waals surface area contributed by atoms with Crippen LogP contribution in [0.15, 0.2) is 72.3 Å². The number of hydrogen-bond donors (Lipinski definition) is 0. The first kappa shape index (κ1) is 16.8. The molecule has 1 aromatic heterocycles. The molecule has 1 atom stereocenters. The Morgan fingerprint density at radius 2 is 1.88 bits per heavy atom. The van der Waals surface area contributed by atoms with Crippen LogP contribution < -0.4 is 0 Å². The van der Waals surface area contributed by atoms with Gasteiger partial charge in [0.1, 0.15) is 0 Å². The Bertz CT molecular complexity index is 798. The van der Waals surface area contributed by atoms with E-state index < -0.39 is 0 Å². The van der Waals surface area contributed by atoms with Crippen LogP contribution in [0.25, 0.3) is 10.8 Å². The van der Waals surface area contributed by atoms with Crippen LogP contribution in [0.4, 0.5) is 0 Å². The van der Waals surface area contributed by atoms with Gasteiger partial charge in [0.2, 0.25) is 0 Å². The van der Waals surface area contributed by atoms with Gasteiger partial charge in [0, 0.05) is 24.2 Å². The van der Waals surface area contributed by atoms with Gasteiger partial charge >= 0.3 is 0 Å². The molecule has 24 heavy (non-hydrogen) atoms. The smallest absolute Gasteiger partial charge is 0.0177 e. The number of nitrogens with zero attached hydrogens (tertiary/aromatic N) is 1. The molecule has 3 rings (SSSR count). The molecule has 3 aromatic rings. The van der Waals surface area contributed by atoms with Gasteiger partial charge in [-0.3, -0.25) is 0 Å². The van der Waals surface area contributed by atoms with E-state index in [9.17, 15) is 0 Å². The maximum absolute atomic E-state index is 4.05. The fraction of sp³-hybridized carbons (Fsp3) is 0.273. The van der Waals surface area contributed by atoms with Crippen LogP contribution in [-0.4, -0.2) is 18.5 Å². The molecule has 2 heteroatoms. The molecule has 0 saturated carbocycles. The van der Waals surface area contributed by atoms with E-state index in [1.54, 1.807) is 0 Å². The average Bonchev–Trinajstić information content (AvgIpc) is 3.12. The zero-order valence-electron chi connectivity index (χ0n) is 14.5. The highest BCUT2D eigenvalue weighted by Gasteiger charge is 2.16. The zero-order valence-corrected chi connectivity index (χ0v) is 15.4. The van der Waals surface area contributed by atoms with Crippen molar-refractivity contribution in [1.29, 1.82) is 0 Å². The molecular formula is C22H25NS. The quantitative estimate of drug-likeness (QED) is 0.505. The third-order valence-electron chi connectivity index (χ3n) is 4.76. The standard InChI is InChI=1S/C22H25NS/c1-17(2)23(3)14-13-20(22-12-7-15-24-22)16-19-10-6-9-18-8-4-5-11-21(18)19/h4-12,15,20H,1,13-14,16H2,2-3H3. The van der Waals surface area contributed by atoms with E-state index in [4.69, 9.17) is 0 Å². The molecule has 0 bridgehead atoms. The van der Waals surface area contributed by atoms with Gasteiger partial charge in [-0.25, -0.2) is 0 Å². The van der Waals surface area contributed by atoms with Crippen molar-refractivity contribution >= 4 is 22.1 Å². The molecule has 1 heterocycles. The van der Waals surface area contributed by atoms with Crippen LogP contribution in [0.5, 0.6) is 0 Å². The summed E-state index contributed by atoms with van der Waals surface area (Å²) in [6.45, 7) is 7.17. The molecule has 0 fully saturated rings. The Morgan fingerprint density at radius 1 is 1.08 bits per heavy atom. The van der Waals surface area contributed by atoms with E-state index in [-0.39, 0.29) is 0 Å². The van der Waals surface area contributed by atoms with Crippen molar-refractivity contribution in [3.63, 3.8) is 0 Å². The highest BCUT2D eigenvalue weighted by Crippen LogP contribution is 2.31. The maximum Gasteiger partial charge on any atom is 0.0177 e. The van der Waals surface area contributed by atoms with Crippen molar-refractivity contribution in [2.45, 2.75) is 25.7 Å². The average molecular weight is 336 g/mol. The van der Waals surface area contributed by atoms with Crippen LogP contribution in [0.3, 0.4) is 0 Å². The molecule has 0 aliphatic heterocycles. The molecule has 0 N–H and O–H groups in total. The number of hydrogen-bond acceptors (Lipinski definition) is 2. The van der Waals surface area contributed by atoms with E-state index in [2.05, 4.69) is 85.4 Å². The van der Waals surface area contributed by atoms with Gasteiger partial charge in [-0.15, -0.1) is 11.3 Å². The summed E-state index contributed by atoms with van der Waals surface area (Å²) in [5, 5.41) is 4.90. The Labute approximate surface area is 149 Å². The topological polar surface area (TPSA) is 3.24 Å². The van der Waals surface area contributed by atoms with Crippen LogP contribution in [-0.2, 0) is 6.42 Å². The monoisotopic (exact) mass is 335 g/mol. The van der Waals surface area contributed by atoms with E-state index in [1.807, 2.05) is 11.3 Å². The second-order valence-corrected chi connectivity index (χ2v) is 7.48. The summed E-state index contributed by atoms with van der Waals surface area (Å²) in [4.78, 5) is 3.74. The number of allylic oxidation sites excluding steroid dienone is 1. The SMILES string of the molecule is C=C(C)N(C)CCC(Cc1cccc2ccccc12)c1cccs1. The third kappa shape index (κ3) is 3.88. The number of benzene rings is 2. The van der Waals surface area contributed by atoms with Gasteiger partial charge in [0.25, 0.3) is 0 Å². The number of thiophene rings is 1. The third-order valence-corrected chi connectivity index (χ3v) is 5.79. The van der Waals surface area contributed by atoms with Crippen LogP contribution >= 0.6 is 11.3 Å². The summed E-state index contributed by atoms with van der Waals surface area (Å²) >= 11 is 1.87. The van der Waals surface area contributed by atoms with Crippen molar-refractivity contribution in [2.75, 3.05) is 13.6 Å². The fourth-order valence-corrected chi connectivity index (χ4v) is 4.01. The molecule has 0 amide bonds. The molecular weight excluding hydrogens is 310 g/mol. The van der Waals surface area contributed by atoms with Gasteiger partial charge < -0.3 is 4.90 Å². The lowest BCUT2D eigenvalue weighted by Crippen LogP contribution is -2.19. The van der Waals surface area contributed by atoms with Gasteiger partial charge in [0.15, 0.2) is 0 Å². The van der Waals surface area contributed by atoms with Gasteiger partial charge in [-0.1, -0.05) is 55.1 Å². The van der Waals surface area contributed by atoms with Crippen molar-refractivity contribution in [2.24, 2.45) is 0 Å². The van der Waals surface area contributed by atoms with Gasteiger partial charge in [-0.2, -0.15) is 0 Å². The van der Waals surface area contributed by atoms with E-state index in [0.717, 1.165) is 25.1 Å². The minimum absolute atomic E-state index is 0.553. The molecule has 1 nitrogen and oxygen atoms in total. The Balaban J connectivity index is 1.84. The number of rotatable bonds is 7. The summed E-state index contributed by atoms with van der Waals surface area (Å²) in [6.07, 6.45) is 2.24. The van der Waals surface area contributed by atoms with Crippen molar-refractivity contribution in [3.8, 4) is 0 Å².